The number of carbonyl (C=O) groups is 1. The van der Waals surface area contributed by atoms with Crippen LogP contribution in [0.1, 0.15) is 10.6 Å². The van der Waals surface area contributed by atoms with Crippen molar-refractivity contribution in [3.63, 3.8) is 0 Å². The molecule has 0 atom stereocenters. The van der Waals surface area contributed by atoms with Crippen LogP contribution in [-0.2, 0) is 0 Å². The summed E-state index contributed by atoms with van der Waals surface area (Å²) in [5.74, 6) is -1.38. The molecule has 0 amide bonds. The van der Waals surface area contributed by atoms with Crippen LogP contribution in [-0.4, -0.2) is 21.0 Å². The van der Waals surface area contributed by atoms with Crippen LogP contribution in [0.5, 0.6) is 0 Å². The Labute approximate surface area is 78.9 Å². The zero-order valence-electron chi connectivity index (χ0n) is 5.08. The molecule has 6 heteroatoms. The van der Waals surface area contributed by atoms with Gasteiger partial charge in [-0.15, -0.1) is 0 Å². The van der Waals surface area contributed by atoms with Gasteiger partial charge in [0, 0.05) is 6.07 Å². The second-order valence-electron chi connectivity index (χ2n) is 1.64. The van der Waals surface area contributed by atoms with Crippen molar-refractivity contribution < 1.29 is 9.90 Å². The highest BCUT2D eigenvalue weighted by atomic mass is 79.9. The Morgan fingerprint density at radius 2 is 1.82 bits per heavy atom. The van der Waals surface area contributed by atoms with E-state index in [0.29, 0.717) is 9.21 Å². The fourth-order valence-electron chi connectivity index (χ4n) is 0.486. The number of rotatable bonds is 1. The molecule has 1 N–H and O–H groups in total. The molecule has 0 saturated heterocycles. The molecule has 0 aliphatic carbocycles. The van der Waals surface area contributed by atoms with E-state index in [1.165, 1.54) is 0 Å². The van der Waals surface area contributed by atoms with Crippen molar-refractivity contribution in [3.8, 4) is 0 Å². The van der Waals surface area contributed by atoms with Gasteiger partial charge < -0.3 is 5.11 Å². The average Bonchev–Trinajstić information content (AvgIpc) is 1.85. The summed E-state index contributed by atoms with van der Waals surface area (Å²) in [5.41, 5.74) is 0. The fourth-order valence-corrected chi connectivity index (χ4v) is 1.56. The number of carboxylic acids is 1. The van der Waals surface area contributed by atoms with E-state index in [1.54, 1.807) is 6.07 Å². The van der Waals surface area contributed by atoms with Gasteiger partial charge in [0.2, 0.25) is 5.82 Å². The third kappa shape index (κ3) is 2.23. The van der Waals surface area contributed by atoms with E-state index in [9.17, 15) is 4.79 Å². The lowest BCUT2D eigenvalue weighted by Crippen LogP contribution is -2.03. The number of halogens is 2. The van der Waals surface area contributed by atoms with Crippen molar-refractivity contribution in [2.75, 3.05) is 0 Å². The van der Waals surface area contributed by atoms with Crippen LogP contribution < -0.4 is 0 Å². The van der Waals surface area contributed by atoms with Gasteiger partial charge >= 0.3 is 5.97 Å². The van der Waals surface area contributed by atoms with Gasteiger partial charge in [-0.3, -0.25) is 0 Å². The summed E-state index contributed by atoms with van der Waals surface area (Å²) in [4.78, 5) is 17.6. The van der Waals surface area contributed by atoms with Crippen molar-refractivity contribution in [1.29, 1.82) is 0 Å². The van der Waals surface area contributed by atoms with Gasteiger partial charge in [0.05, 0.1) is 0 Å². The zero-order valence-corrected chi connectivity index (χ0v) is 8.26. The molecule has 1 aromatic rings. The molecule has 4 nitrogen and oxygen atoms in total. The Morgan fingerprint density at radius 3 is 2.18 bits per heavy atom. The monoisotopic (exact) mass is 280 g/mol. The zero-order chi connectivity index (χ0) is 8.43. The summed E-state index contributed by atoms with van der Waals surface area (Å²) in [6.45, 7) is 0. The number of hydrogen-bond acceptors (Lipinski definition) is 3. The molecule has 0 aliphatic rings. The molecule has 58 valence electrons. The van der Waals surface area contributed by atoms with Crippen molar-refractivity contribution in [2.45, 2.75) is 0 Å². The standard InChI is InChI=1S/C5H2Br2N2O2/c6-2-1-3(7)9-4(8-2)5(10)11/h1H,(H,10,11). The summed E-state index contributed by atoms with van der Waals surface area (Å²) in [6, 6.07) is 1.56. The van der Waals surface area contributed by atoms with Crippen LogP contribution in [0.15, 0.2) is 15.3 Å². The Hall–Kier alpha value is -0.490. The molecule has 1 heterocycles. The lowest BCUT2D eigenvalue weighted by atomic mass is 10.6. The number of aromatic carboxylic acids is 1. The molecule has 1 rings (SSSR count). The van der Waals surface area contributed by atoms with Crippen LogP contribution in [0.3, 0.4) is 0 Å². The normalized spacial score (nSPS) is 9.64. The summed E-state index contributed by atoms with van der Waals surface area (Å²) >= 11 is 6.07. The fraction of sp³-hybridized carbons (Fsp3) is 0. The topological polar surface area (TPSA) is 63.1 Å². The highest BCUT2D eigenvalue weighted by Gasteiger charge is 2.07. The second kappa shape index (κ2) is 3.27. The second-order valence-corrected chi connectivity index (χ2v) is 3.27. The Bertz CT molecular complexity index is 282. The first-order valence-corrected chi connectivity index (χ1v) is 4.11. The minimum Gasteiger partial charge on any atom is -0.475 e. The van der Waals surface area contributed by atoms with Gasteiger partial charge in [0.15, 0.2) is 0 Å². The van der Waals surface area contributed by atoms with Crippen molar-refractivity contribution >= 4 is 37.8 Å². The number of hydrogen-bond donors (Lipinski definition) is 1. The number of carboxylic acid groups (broad SMARTS) is 1. The molecule has 0 aliphatic heterocycles. The molecule has 0 bridgehead atoms. The van der Waals surface area contributed by atoms with E-state index < -0.39 is 5.97 Å². The van der Waals surface area contributed by atoms with E-state index >= 15 is 0 Å². The van der Waals surface area contributed by atoms with Gasteiger partial charge in [0.1, 0.15) is 9.21 Å². The molecule has 0 spiro atoms. The highest BCUT2D eigenvalue weighted by molar-refractivity contribution is 9.11. The molecule has 0 unspecified atom stereocenters. The Morgan fingerprint density at radius 1 is 1.36 bits per heavy atom. The number of aromatic nitrogens is 2. The SMILES string of the molecule is O=C(O)c1nc(Br)cc(Br)n1. The van der Waals surface area contributed by atoms with Crippen molar-refractivity contribution in [2.24, 2.45) is 0 Å². The lowest BCUT2D eigenvalue weighted by Gasteiger charge is -1.94. The highest BCUT2D eigenvalue weighted by Crippen LogP contribution is 2.12. The van der Waals surface area contributed by atoms with E-state index in [4.69, 9.17) is 5.11 Å². The van der Waals surface area contributed by atoms with Gasteiger partial charge in [-0.2, -0.15) is 0 Å². The first-order valence-electron chi connectivity index (χ1n) is 2.53. The van der Waals surface area contributed by atoms with E-state index in [2.05, 4.69) is 41.8 Å². The first-order chi connectivity index (χ1) is 5.09. The van der Waals surface area contributed by atoms with Gasteiger partial charge in [-0.05, 0) is 31.9 Å². The predicted octanol–water partition coefficient (Wildman–Crippen LogP) is 1.70. The molecule has 0 saturated carbocycles. The summed E-state index contributed by atoms with van der Waals surface area (Å²) < 4.78 is 0.883. The van der Waals surface area contributed by atoms with Gasteiger partial charge in [-0.25, -0.2) is 14.8 Å². The predicted molar refractivity (Wildman–Crippen MR) is 44.4 cm³/mol. The van der Waals surface area contributed by atoms with E-state index in [0.717, 1.165) is 0 Å². The molecule has 0 aromatic carbocycles. The van der Waals surface area contributed by atoms with Crippen molar-refractivity contribution in [3.05, 3.63) is 21.1 Å². The maximum atomic E-state index is 10.3. The minimum absolute atomic E-state index is 0.230. The third-order valence-electron chi connectivity index (χ3n) is 0.855. The van der Waals surface area contributed by atoms with Gasteiger partial charge in [0.25, 0.3) is 0 Å². The van der Waals surface area contributed by atoms with Crippen LogP contribution in [0, 0.1) is 0 Å². The molecule has 11 heavy (non-hydrogen) atoms. The number of nitrogens with zero attached hydrogens (tertiary/aromatic N) is 2. The molecule has 0 radical (unpaired) electrons. The largest absolute Gasteiger partial charge is 0.475 e. The van der Waals surface area contributed by atoms with Crippen molar-refractivity contribution in [1.82, 2.24) is 9.97 Å². The molecular formula is C5H2Br2N2O2. The quantitative estimate of drug-likeness (QED) is 0.796. The van der Waals surface area contributed by atoms with Crippen LogP contribution in [0.4, 0.5) is 0 Å². The smallest absolute Gasteiger partial charge is 0.374 e. The molecular weight excluding hydrogens is 280 g/mol. The Kier molecular flexibility index (Phi) is 2.56. The lowest BCUT2D eigenvalue weighted by molar-refractivity contribution is 0.0683. The maximum Gasteiger partial charge on any atom is 0.374 e. The van der Waals surface area contributed by atoms with E-state index in [1.807, 2.05) is 0 Å². The van der Waals surface area contributed by atoms with Crippen LogP contribution in [0.2, 0.25) is 0 Å². The summed E-state index contributed by atoms with van der Waals surface area (Å²) in [5, 5.41) is 8.47. The Balaban J connectivity index is 3.19. The molecule has 0 fully saturated rings. The third-order valence-corrected chi connectivity index (χ3v) is 1.67. The minimum atomic E-state index is -1.15. The maximum absolute atomic E-state index is 10.3. The van der Waals surface area contributed by atoms with Crippen LogP contribution >= 0.6 is 31.9 Å². The van der Waals surface area contributed by atoms with Gasteiger partial charge in [-0.1, -0.05) is 0 Å². The molecule has 1 aromatic heterocycles. The summed E-state index contributed by atoms with van der Waals surface area (Å²) in [7, 11) is 0. The van der Waals surface area contributed by atoms with Crippen LogP contribution in [0.25, 0.3) is 0 Å². The van der Waals surface area contributed by atoms with E-state index in [-0.39, 0.29) is 5.82 Å². The average molecular weight is 282 g/mol. The summed E-state index contributed by atoms with van der Waals surface area (Å²) in [6.07, 6.45) is 0. The first kappa shape index (κ1) is 8.61.